The van der Waals surface area contributed by atoms with Crippen LogP contribution in [-0.4, -0.2) is 27.5 Å². The average molecular weight is 373 g/mol. The number of aryl methyl sites for hydroxylation is 1. The zero-order valence-electron chi connectivity index (χ0n) is 17.6. The Morgan fingerprint density at radius 3 is 2.15 bits per heavy atom. The lowest BCUT2D eigenvalue weighted by Gasteiger charge is -2.28. The van der Waals surface area contributed by atoms with E-state index in [1.807, 2.05) is 24.4 Å². The number of phenols is 1. The van der Waals surface area contributed by atoms with E-state index in [-0.39, 0.29) is 16.8 Å². The van der Waals surface area contributed by atoms with E-state index in [1.54, 1.807) is 11.6 Å². The van der Waals surface area contributed by atoms with Crippen molar-refractivity contribution in [2.75, 3.05) is 6.61 Å². The second kappa shape index (κ2) is 7.75. The maximum Gasteiger partial charge on any atom is 0.307 e. The number of aromatic nitrogens is 2. The Balaban J connectivity index is 2.40. The van der Waals surface area contributed by atoms with Crippen molar-refractivity contribution in [3.63, 3.8) is 0 Å². The van der Waals surface area contributed by atoms with Crippen molar-refractivity contribution in [3.8, 4) is 17.0 Å². The topological polar surface area (TPSA) is 64.3 Å². The highest BCUT2D eigenvalue weighted by atomic mass is 16.5. The van der Waals surface area contributed by atoms with Crippen LogP contribution in [0.2, 0.25) is 0 Å². The van der Waals surface area contributed by atoms with Crippen LogP contribution in [0.3, 0.4) is 0 Å². The second-order valence-corrected chi connectivity index (χ2v) is 8.94. The minimum atomic E-state index is -0.218. The van der Waals surface area contributed by atoms with Crippen molar-refractivity contribution in [1.82, 2.24) is 9.78 Å². The summed E-state index contributed by atoms with van der Waals surface area (Å²) in [6, 6.07) is 5.97. The molecule has 1 aromatic carbocycles. The first-order valence-corrected chi connectivity index (χ1v) is 9.51. The largest absolute Gasteiger partial charge is 0.507 e. The number of hydrogen-bond donors (Lipinski definition) is 1. The number of phenolic OH excluding ortho intramolecular Hbond substituents is 1. The molecular weight excluding hydrogens is 340 g/mol. The summed E-state index contributed by atoms with van der Waals surface area (Å²) in [5.74, 6) is 0.143. The summed E-state index contributed by atoms with van der Waals surface area (Å²) in [6.45, 7) is 15.2. The Kier molecular flexibility index (Phi) is 6.03. The molecule has 0 saturated heterocycles. The number of ether oxygens (including phenoxy) is 1. The van der Waals surface area contributed by atoms with Crippen molar-refractivity contribution < 1.29 is 14.6 Å². The van der Waals surface area contributed by atoms with Crippen molar-refractivity contribution >= 4 is 5.97 Å². The summed E-state index contributed by atoms with van der Waals surface area (Å²) in [6.07, 6.45) is 2.17. The highest BCUT2D eigenvalue weighted by molar-refractivity contribution is 5.69. The first-order valence-electron chi connectivity index (χ1n) is 9.51. The zero-order chi connectivity index (χ0) is 20.4. The fourth-order valence-electron chi connectivity index (χ4n) is 3.00. The molecule has 0 aliphatic rings. The molecule has 27 heavy (non-hydrogen) atoms. The fourth-order valence-corrected chi connectivity index (χ4v) is 3.00. The molecule has 0 aliphatic heterocycles. The molecule has 0 amide bonds. The first-order chi connectivity index (χ1) is 12.4. The van der Waals surface area contributed by atoms with Crippen LogP contribution < -0.4 is 0 Å². The van der Waals surface area contributed by atoms with Crippen molar-refractivity contribution in [2.45, 2.75) is 72.3 Å². The van der Waals surface area contributed by atoms with Crippen LogP contribution >= 0.6 is 0 Å². The number of benzene rings is 1. The highest BCUT2D eigenvalue weighted by Crippen LogP contribution is 2.41. The summed E-state index contributed by atoms with van der Waals surface area (Å²) < 4.78 is 6.72. The van der Waals surface area contributed by atoms with Crippen LogP contribution in [0.25, 0.3) is 11.3 Å². The number of carbonyl (C=O) groups is 1. The predicted molar refractivity (Wildman–Crippen MR) is 108 cm³/mol. The molecule has 2 rings (SSSR count). The van der Waals surface area contributed by atoms with Gasteiger partial charge >= 0.3 is 5.97 Å². The minimum Gasteiger partial charge on any atom is -0.507 e. The maximum absolute atomic E-state index is 11.5. The lowest BCUT2D eigenvalue weighted by atomic mass is 9.78. The van der Waals surface area contributed by atoms with E-state index in [0.717, 1.165) is 22.4 Å². The van der Waals surface area contributed by atoms with Gasteiger partial charge in [-0.25, -0.2) is 0 Å². The Morgan fingerprint density at radius 1 is 1.11 bits per heavy atom. The lowest BCUT2D eigenvalue weighted by Crippen LogP contribution is -2.17. The molecule has 0 radical (unpaired) electrons. The quantitative estimate of drug-likeness (QED) is 0.766. The van der Waals surface area contributed by atoms with Gasteiger partial charge in [-0.1, -0.05) is 41.5 Å². The van der Waals surface area contributed by atoms with Crippen LogP contribution in [0.15, 0.2) is 24.4 Å². The number of carbonyl (C=O) groups excluding carboxylic acids is 1. The molecule has 2 aromatic rings. The Morgan fingerprint density at radius 2 is 1.67 bits per heavy atom. The Bertz CT molecular complexity index is 773. The lowest BCUT2D eigenvalue weighted by molar-refractivity contribution is -0.143. The summed E-state index contributed by atoms with van der Waals surface area (Å²) in [5, 5.41) is 15.5. The molecule has 0 aliphatic carbocycles. The van der Waals surface area contributed by atoms with E-state index in [4.69, 9.17) is 4.74 Å². The Labute approximate surface area is 162 Å². The van der Waals surface area contributed by atoms with Crippen molar-refractivity contribution in [1.29, 1.82) is 0 Å². The molecule has 0 atom stereocenters. The van der Waals surface area contributed by atoms with Crippen LogP contribution in [0.4, 0.5) is 0 Å². The van der Waals surface area contributed by atoms with Gasteiger partial charge in [0.05, 0.1) is 25.3 Å². The van der Waals surface area contributed by atoms with Gasteiger partial charge in [0.2, 0.25) is 0 Å². The molecule has 0 bridgehead atoms. The van der Waals surface area contributed by atoms with Crippen LogP contribution in [0, 0.1) is 0 Å². The Hall–Kier alpha value is -2.30. The van der Waals surface area contributed by atoms with Crippen molar-refractivity contribution in [3.05, 3.63) is 35.5 Å². The van der Waals surface area contributed by atoms with Gasteiger partial charge in [0, 0.05) is 22.9 Å². The summed E-state index contributed by atoms with van der Waals surface area (Å²) in [4.78, 5) is 11.5. The molecular formula is C22H32N2O3. The summed E-state index contributed by atoms with van der Waals surface area (Å²) in [7, 11) is 0. The number of hydrogen-bond acceptors (Lipinski definition) is 4. The van der Waals surface area contributed by atoms with Gasteiger partial charge in [-0.2, -0.15) is 5.10 Å². The molecule has 1 aromatic heterocycles. The molecule has 0 saturated carbocycles. The SMILES string of the molecule is CCOC(=O)CCn1ccc(-c2cc(C(C)(C)C)c(O)c(C(C)(C)C)c2)n1. The van der Waals surface area contributed by atoms with E-state index >= 15 is 0 Å². The molecule has 1 heterocycles. The smallest absolute Gasteiger partial charge is 0.307 e. The summed E-state index contributed by atoms with van der Waals surface area (Å²) >= 11 is 0. The predicted octanol–water partition coefficient (Wildman–Crippen LogP) is 4.80. The average Bonchev–Trinajstić information content (AvgIpc) is 3.00. The highest BCUT2D eigenvalue weighted by Gasteiger charge is 2.27. The van der Waals surface area contributed by atoms with E-state index in [2.05, 4.69) is 46.6 Å². The number of nitrogens with zero attached hydrogens (tertiary/aromatic N) is 2. The monoisotopic (exact) mass is 372 g/mol. The van der Waals surface area contributed by atoms with Gasteiger partial charge in [0.25, 0.3) is 0 Å². The van der Waals surface area contributed by atoms with Gasteiger partial charge in [-0.05, 0) is 36.0 Å². The standard InChI is InChI=1S/C22H32N2O3/c1-8-27-19(25)10-12-24-11-9-18(23-24)15-13-16(21(2,3)4)20(26)17(14-15)22(5,6)7/h9,11,13-14,26H,8,10,12H2,1-7H3. The van der Waals surface area contributed by atoms with Crippen LogP contribution in [-0.2, 0) is 26.9 Å². The van der Waals surface area contributed by atoms with Gasteiger partial charge in [0.15, 0.2) is 0 Å². The van der Waals surface area contributed by atoms with Crippen LogP contribution in [0.1, 0.15) is 66.0 Å². The van der Waals surface area contributed by atoms with Gasteiger partial charge in [-0.15, -0.1) is 0 Å². The second-order valence-electron chi connectivity index (χ2n) is 8.94. The van der Waals surface area contributed by atoms with Crippen LogP contribution in [0.5, 0.6) is 5.75 Å². The van der Waals surface area contributed by atoms with Gasteiger partial charge in [-0.3, -0.25) is 9.48 Å². The minimum absolute atomic E-state index is 0.188. The molecule has 5 nitrogen and oxygen atoms in total. The third-order valence-corrected chi connectivity index (χ3v) is 4.51. The third-order valence-electron chi connectivity index (χ3n) is 4.51. The van der Waals surface area contributed by atoms with E-state index in [1.165, 1.54) is 0 Å². The fraction of sp³-hybridized carbons (Fsp3) is 0.545. The number of aromatic hydroxyl groups is 1. The molecule has 148 valence electrons. The number of esters is 1. The molecule has 0 fully saturated rings. The van der Waals surface area contributed by atoms with Gasteiger partial charge in [0.1, 0.15) is 5.75 Å². The normalized spacial score (nSPS) is 12.3. The first kappa shape index (κ1) is 21.0. The van der Waals surface area contributed by atoms with E-state index in [9.17, 15) is 9.90 Å². The molecule has 0 unspecified atom stereocenters. The molecule has 0 spiro atoms. The molecule has 5 heteroatoms. The van der Waals surface area contributed by atoms with Gasteiger partial charge < -0.3 is 9.84 Å². The van der Waals surface area contributed by atoms with Crippen molar-refractivity contribution in [2.24, 2.45) is 0 Å². The van der Waals surface area contributed by atoms with E-state index < -0.39 is 0 Å². The summed E-state index contributed by atoms with van der Waals surface area (Å²) in [5.41, 5.74) is 3.24. The zero-order valence-corrected chi connectivity index (χ0v) is 17.6. The molecule has 1 N–H and O–H groups in total. The van der Waals surface area contributed by atoms with E-state index in [0.29, 0.717) is 25.3 Å². The maximum atomic E-state index is 11.5. The third kappa shape index (κ3) is 5.12. The number of rotatable bonds is 5.